The summed E-state index contributed by atoms with van der Waals surface area (Å²) in [4.78, 5) is 12.2. The molecule has 0 N–H and O–H groups in total. The van der Waals surface area contributed by atoms with Gasteiger partial charge in [0, 0.05) is 15.6 Å². The van der Waals surface area contributed by atoms with Crippen molar-refractivity contribution < 1.29 is 9.53 Å². The summed E-state index contributed by atoms with van der Waals surface area (Å²) in [6, 6.07) is 11.6. The zero-order valence-corrected chi connectivity index (χ0v) is 12.8. The number of ether oxygens (including phenoxy) is 1. The number of halogens is 3. The molecule has 0 aromatic heterocycles. The molecule has 2 aromatic carbocycles. The predicted molar refractivity (Wildman–Crippen MR) is 82.3 cm³/mol. The number of benzene rings is 2. The molecule has 0 bridgehead atoms. The number of Topliss-reactive ketones (excluding diaryl/α,β-unsaturated/α-hetero) is 1. The van der Waals surface area contributed by atoms with Gasteiger partial charge in [0.05, 0.1) is 5.02 Å². The van der Waals surface area contributed by atoms with Crippen molar-refractivity contribution >= 4 is 40.6 Å². The molecule has 0 aliphatic heterocycles. The van der Waals surface area contributed by atoms with E-state index >= 15 is 0 Å². The van der Waals surface area contributed by atoms with Gasteiger partial charge in [0.25, 0.3) is 0 Å². The molecule has 0 fully saturated rings. The van der Waals surface area contributed by atoms with E-state index in [1.165, 1.54) is 0 Å². The van der Waals surface area contributed by atoms with Crippen molar-refractivity contribution in [1.29, 1.82) is 0 Å². The number of rotatable bonds is 4. The lowest BCUT2D eigenvalue weighted by Crippen LogP contribution is -2.24. The summed E-state index contributed by atoms with van der Waals surface area (Å²) in [5.74, 6) is 0.248. The van der Waals surface area contributed by atoms with E-state index in [1.807, 2.05) is 0 Å². The van der Waals surface area contributed by atoms with Crippen LogP contribution in [0.3, 0.4) is 0 Å². The van der Waals surface area contributed by atoms with Crippen LogP contribution in [0.25, 0.3) is 0 Å². The predicted octanol–water partition coefficient (Wildman–Crippen LogP) is 5.30. The van der Waals surface area contributed by atoms with Crippen LogP contribution in [0.5, 0.6) is 5.75 Å². The van der Waals surface area contributed by atoms with Crippen molar-refractivity contribution in [3.8, 4) is 5.75 Å². The molecule has 0 saturated carbocycles. The highest BCUT2D eigenvalue weighted by atomic mass is 35.5. The van der Waals surface area contributed by atoms with Crippen molar-refractivity contribution in [1.82, 2.24) is 0 Å². The Morgan fingerprint density at radius 3 is 2.40 bits per heavy atom. The molecule has 0 aliphatic rings. The van der Waals surface area contributed by atoms with Crippen LogP contribution in [0.2, 0.25) is 15.1 Å². The lowest BCUT2D eigenvalue weighted by atomic mass is 10.1. The van der Waals surface area contributed by atoms with E-state index in [0.29, 0.717) is 26.4 Å². The molecule has 2 nitrogen and oxygen atoms in total. The smallest absolute Gasteiger partial charge is 0.203 e. The van der Waals surface area contributed by atoms with Gasteiger partial charge in [-0.25, -0.2) is 0 Å². The van der Waals surface area contributed by atoms with Crippen molar-refractivity contribution in [3.05, 3.63) is 63.1 Å². The van der Waals surface area contributed by atoms with Gasteiger partial charge in [-0.1, -0.05) is 46.9 Å². The van der Waals surface area contributed by atoms with Crippen LogP contribution in [0.1, 0.15) is 17.3 Å². The molecule has 5 heteroatoms. The molecule has 1 unspecified atom stereocenters. The third-order valence-corrected chi connectivity index (χ3v) is 3.44. The normalized spacial score (nSPS) is 12.0. The Morgan fingerprint density at radius 1 is 1.05 bits per heavy atom. The van der Waals surface area contributed by atoms with Crippen LogP contribution < -0.4 is 4.74 Å². The minimum Gasteiger partial charge on any atom is -0.481 e. The fourth-order valence-corrected chi connectivity index (χ4v) is 2.33. The summed E-state index contributed by atoms with van der Waals surface area (Å²) in [5.41, 5.74) is 0.495. The minimum atomic E-state index is -0.674. The van der Waals surface area contributed by atoms with Crippen LogP contribution in [0.15, 0.2) is 42.5 Å². The maximum atomic E-state index is 12.2. The molecule has 1 atom stereocenters. The molecule has 0 heterocycles. The van der Waals surface area contributed by atoms with Crippen molar-refractivity contribution in [2.75, 3.05) is 0 Å². The van der Waals surface area contributed by atoms with Gasteiger partial charge in [-0.2, -0.15) is 0 Å². The molecule has 0 amide bonds. The van der Waals surface area contributed by atoms with Gasteiger partial charge in [0.2, 0.25) is 5.78 Å². The Labute approximate surface area is 132 Å². The lowest BCUT2D eigenvalue weighted by molar-refractivity contribution is 0.0818. The third kappa shape index (κ3) is 3.66. The maximum absolute atomic E-state index is 12.2. The SMILES string of the molecule is CC(Oc1ccc(Cl)cc1Cl)C(=O)c1cccc(Cl)c1. The first-order valence-electron chi connectivity index (χ1n) is 5.89. The van der Waals surface area contributed by atoms with Gasteiger partial charge in [-0.15, -0.1) is 0 Å². The van der Waals surface area contributed by atoms with Crippen LogP contribution >= 0.6 is 34.8 Å². The highest BCUT2D eigenvalue weighted by Gasteiger charge is 2.18. The molecular formula is C15H11Cl3O2. The number of carbonyl (C=O) groups is 1. The Balaban J connectivity index is 2.15. The van der Waals surface area contributed by atoms with E-state index in [0.717, 1.165) is 0 Å². The first kappa shape index (κ1) is 15.2. The zero-order chi connectivity index (χ0) is 14.7. The highest BCUT2D eigenvalue weighted by Crippen LogP contribution is 2.28. The van der Waals surface area contributed by atoms with E-state index in [-0.39, 0.29) is 5.78 Å². The second-order valence-electron chi connectivity index (χ2n) is 4.21. The van der Waals surface area contributed by atoms with Crippen molar-refractivity contribution in [3.63, 3.8) is 0 Å². The topological polar surface area (TPSA) is 26.3 Å². The molecule has 0 aliphatic carbocycles. The molecule has 0 spiro atoms. The lowest BCUT2D eigenvalue weighted by Gasteiger charge is -2.15. The summed E-state index contributed by atoms with van der Waals surface area (Å²) in [6.45, 7) is 1.66. The van der Waals surface area contributed by atoms with Gasteiger partial charge in [-0.05, 0) is 37.3 Å². The van der Waals surface area contributed by atoms with Crippen LogP contribution in [-0.2, 0) is 0 Å². The third-order valence-electron chi connectivity index (χ3n) is 2.68. The van der Waals surface area contributed by atoms with Crippen LogP contribution in [0.4, 0.5) is 0 Å². The van der Waals surface area contributed by atoms with Crippen LogP contribution in [-0.4, -0.2) is 11.9 Å². The largest absolute Gasteiger partial charge is 0.481 e. The quantitative estimate of drug-likeness (QED) is 0.712. The summed E-state index contributed by atoms with van der Waals surface area (Å²) in [6.07, 6.45) is -0.674. The van der Waals surface area contributed by atoms with Crippen molar-refractivity contribution in [2.45, 2.75) is 13.0 Å². The van der Waals surface area contributed by atoms with E-state index < -0.39 is 6.10 Å². The Kier molecular flexibility index (Phi) is 4.92. The number of carbonyl (C=O) groups excluding carboxylic acids is 1. The van der Waals surface area contributed by atoms with Crippen LogP contribution in [0, 0.1) is 0 Å². The molecular weight excluding hydrogens is 319 g/mol. The van der Waals surface area contributed by atoms with E-state index in [4.69, 9.17) is 39.5 Å². The fourth-order valence-electron chi connectivity index (χ4n) is 1.69. The van der Waals surface area contributed by atoms with E-state index in [1.54, 1.807) is 49.4 Å². The zero-order valence-electron chi connectivity index (χ0n) is 10.6. The minimum absolute atomic E-state index is 0.168. The Morgan fingerprint density at radius 2 is 1.75 bits per heavy atom. The average Bonchev–Trinajstić information content (AvgIpc) is 2.41. The van der Waals surface area contributed by atoms with Gasteiger partial charge < -0.3 is 4.74 Å². The molecule has 0 saturated heterocycles. The Hall–Kier alpha value is -1.22. The summed E-state index contributed by atoms with van der Waals surface area (Å²) in [7, 11) is 0. The monoisotopic (exact) mass is 328 g/mol. The number of hydrogen-bond donors (Lipinski definition) is 0. The molecule has 2 aromatic rings. The fraction of sp³-hybridized carbons (Fsp3) is 0.133. The maximum Gasteiger partial charge on any atom is 0.203 e. The van der Waals surface area contributed by atoms with Gasteiger partial charge in [0.1, 0.15) is 5.75 Å². The number of ketones is 1. The first-order valence-corrected chi connectivity index (χ1v) is 7.02. The molecule has 104 valence electrons. The molecule has 2 rings (SSSR count). The van der Waals surface area contributed by atoms with E-state index in [9.17, 15) is 4.79 Å². The van der Waals surface area contributed by atoms with Crippen molar-refractivity contribution in [2.24, 2.45) is 0 Å². The first-order chi connectivity index (χ1) is 9.47. The second kappa shape index (κ2) is 6.49. The Bertz CT molecular complexity index is 641. The van der Waals surface area contributed by atoms with E-state index in [2.05, 4.69) is 0 Å². The highest BCUT2D eigenvalue weighted by molar-refractivity contribution is 6.35. The number of hydrogen-bond acceptors (Lipinski definition) is 2. The molecule has 20 heavy (non-hydrogen) atoms. The van der Waals surface area contributed by atoms with Gasteiger partial charge in [-0.3, -0.25) is 4.79 Å². The second-order valence-corrected chi connectivity index (χ2v) is 5.49. The summed E-state index contributed by atoms with van der Waals surface area (Å²) >= 11 is 17.7. The van der Waals surface area contributed by atoms with Gasteiger partial charge >= 0.3 is 0 Å². The standard InChI is InChI=1S/C15H11Cl3O2/c1-9(15(19)10-3-2-4-11(16)7-10)20-14-6-5-12(17)8-13(14)18/h2-9H,1H3. The average molecular weight is 330 g/mol. The molecule has 0 radical (unpaired) electrons. The summed E-state index contributed by atoms with van der Waals surface area (Å²) < 4.78 is 5.57. The van der Waals surface area contributed by atoms with Gasteiger partial charge in [0.15, 0.2) is 6.10 Å². The summed E-state index contributed by atoms with van der Waals surface area (Å²) in [5, 5.41) is 1.38.